The topological polar surface area (TPSA) is 79.2 Å². The first-order valence-electron chi connectivity index (χ1n) is 7.07. The van der Waals surface area contributed by atoms with Crippen LogP contribution in [0, 0.1) is 5.92 Å². The molecule has 0 aromatic carbocycles. The van der Waals surface area contributed by atoms with Crippen LogP contribution in [0.25, 0.3) is 0 Å². The normalized spacial score (nSPS) is 13.1. The molecule has 1 aromatic rings. The summed E-state index contributed by atoms with van der Waals surface area (Å²) in [6.45, 7) is 8.91. The number of carbonyl (C=O) groups is 1. The van der Waals surface area contributed by atoms with Gasteiger partial charge in [-0.05, 0) is 33.1 Å². The minimum Gasteiger partial charge on any atom is -0.396 e. The van der Waals surface area contributed by atoms with Gasteiger partial charge in [0.25, 0.3) is 0 Å². The molecule has 0 aliphatic heterocycles. The first kappa shape index (κ1) is 16.5. The number of aromatic nitrogens is 2. The van der Waals surface area contributed by atoms with Crippen molar-refractivity contribution in [1.29, 1.82) is 0 Å². The van der Waals surface area contributed by atoms with Gasteiger partial charge in [-0.15, -0.1) is 0 Å². The number of aliphatic hydroxyl groups excluding tert-OH is 1. The molecule has 0 spiro atoms. The molecule has 1 unspecified atom stereocenters. The number of amides is 2. The zero-order chi connectivity index (χ0) is 15.2. The average Bonchev–Trinajstić information content (AvgIpc) is 2.82. The average molecular weight is 282 g/mol. The standard InChI is InChI=1S/C14H26N4O2/c1-5-11(6-7-19)8-15-13(20)17-12-9-16-18(10-12)14(2,3)4/h9-11,19H,5-8H2,1-4H3,(H2,15,17,20). The lowest BCUT2D eigenvalue weighted by molar-refractivity contribution is 0.238. The van der Waals surface area contributed by atoms with Gasteiger partial charge in [0.05, 0.1) is 17.4 Å². The molecule has 0 fully saturated rings. The summed E-state index contributed by atoms with van der Waals surface area (Å²) in [4.78, 5) is 11.8. The number of aliphatic hydroxyl groups is 1. The van der Waals surface area contributed by atoms with Gasteiger partial charge >= 0.3 is 6.03 Å². The fraction of sp³-hybridized carbons (Fsp3) is 0.714. The molecule has 1 aromatic heterocycles. The molecular weight excluding hydrogens is 256 g/mol. The second-order valence-electron chi connectivity index (χ2n) is 5.97. The monoisotopic (exact) mass is 282 g/mol. The second kappa shape index (κ2) is 7.28. The Morgan fingerprint density at radius 3 is 2.70 bits per heavy atom. The Bertz CT molecular complexity index is 423. The van der Waals surface area contributed by atoms with E-state index in [1.807, 2.05) is 38.6 Å². The van der Waals surface area contributed by atoms with Crippen LogP contribution in [-0.2, 0) is 5.54 Å². The van der Waals surface area contributed by atoms with Crippen LogP contribution < -0.4 is 10.6 Å². The zero-order valence-electron chi connectivity index (χ0n) is 12.8. The quantitative estimate of drug-likeness (QED) is 0.748. The molecule has 0 saturated carbocycles. The van der Waals surface area contributed by atoms with Gasteiger partial charge in [0.15, 0.2) is 0 Å². The van der Waals surface area contributed by atoms with Crippen LogP contribution in [0.15, 0.2) is 12.4 Å². The minimum atomic E-state index is -0.241. The van der Waals surface area contributed by atoms with Crippen molar-refractivity contribution in [2.24, 2.45) is 5.92 Å². The molecule has 20 heavy (non-hydrogen) atoms. The lowest BCUT2D eigenvalue weighted by Gasteiger charge is -2.18. The van der Waals surface area contributed by atoms with Crippen molar-refractivity contribution in [1.82, 2.24) is 15.1 Å². The molecule has 6 heteroatoms. The Hall–Kier alpha value is -1.56. The van der Waals surface area contributed by atoms with Crippen molar-refractivity contribution in [2.45, 2.75) is 46.1 Å². The van der Waals surface area contributed by atoms with Crippen molar-refractivity contribution in [2.75, 3.05) is 18.5 Å². The van der Waals surface area contributed by atoms with Crippen molar-refractivity contribution in [3.63, 3.8) is 0 Å². The highest BCUT2D eigenvalue weighted by Crippen LogP contribution is 2.15. The maximum absolute atomic E-state index is 11.8. The van der Waals surface area contributed by atoms with Crippen LogP contribution in [0.3, 0.4) is 0 Å². The molecule has 6 nitrogen and oxygen atoms in total. The van der Waals surface area contributed by atoms with Crippen LogP contribution in [0.5, 0.6) is 0 Å². The van der Waals surface area contributed by atoms with E-state index in [1.165, 1.54) is 0 Å². The predicted molar refractivity (Wildman–Crippen MR) is 79.7 cm³/mol. The smallest absolute Gasteiger partial charge is 0.319 e. The summed E-state index contributed by atoms with van der Waals surface area (Å²) in [5, 5.41) is 18.7. The van der Waals surface area contributed by atoms with E-state index in [9.17, 15) is 4.79 Å². The summed E-state index contributed by atoms with van der Waals surface area (Å²) < 4.78 is 1.81. The van der Waals surface area contributed by atoms with Crippen molar-refractivity contribution < 1.29 is 9.90 Å². The Kier molecular flexibility index (Phi) is 6.01. The van der Waals surface area contributed by atoms with Gasteiger partial charge in [-0.2, -0.15) is 5.10 Å². The molecule has 1 rings (SSSR count). The van der Waals surface area contributed by atoms with Crippen LogP contribution in [0.1, 0.15) is 40.5 Å². The second-order valence-corrected chi connectivity index (χ2v) is 5.97. The van der Waals surface area contributed by atoms with Gasteiger partial charge in [-0.1, -0.05) is 13.3 Å². The molecular formula is C14H26N4O2. The molecule has 0 aliphatic carbocycles. The molecule has 114 valence electrons. The van der Waals surface area contributed by atoms with Crippen LogP contribution in [0.2, 0.25) is 0 Å². The highest BCUT2D eigenvalue weighted by atomic mass is 16.3. The lowest BCUT2D eigenvalue weighted by atomic mass is 10.0. The fourth-order valence-corrected chi connectivity index (χ4v) is 1.80. The van der Waals surface area contributed by atoms with E-state index >= 15 is 0 Å². The Morgan fingerprint density at radius 2 is 2.20 bits per heavy atom. The third kappa shape index (κ3) is 5.21. The summed E-state index contributed by atoms with van der Waals surface area (Å²) in [5.74, 6) is 0.308. The third-order valence-corrected chi connectivity index (χ3v) is 3.19. The number of nitrogens with zero attached hydrogens (tertiary/aromatic N) is 2. The summed E-state index contributed by atoms with van der Waals surface area (Å²) in [7, 11) is 0. The van der Waals surface area contributed by atoms with Gasteiger partial charge in [0, 0.05) is 19.3 Å². The minimum absolute atomic E-state index is 0.106. The number of nitrogens with one attached hydrogen (secondary N) is 2. The van der Waals surface area contributed by atoms with E-state index in [2.05, 4.69) is 15.7 Å². The van der Waals surface area contributed by atoms with Crippen LogP contribution >= 0.6 is 0 Å². The number of rotatable bonds is 6. The molecule has 0 saturated heterocycles. The van der Waals surface area contributed by atoms with E-state index in [0.29, 0.717) is 24.6 Å². The van der Waals surface area contributed by atoms with Crippen molar-refractivity contribution in [3.8, 4) is 0 Å². The number of hydrogen-bond donors (Lipinski definition) is 3. The van der Waals surface area contributed by atoms with Gasteiger partial charge in [-0.3, -0.25) is 4.68 Å². The van der Waals surface area contributed by atoms with Gasteiger partial charge < -0.3 is 15.7 Å². The summed E-state index contributed by atoms with van der Waals surface area (Å²) in [5.41, 5.74) is 0.567. The highest BCUT2D eigenvalue weighted by Gasteiger charge is 2.15. The lowest BCUT2D eigenvalue weighted by Crippen LogP contribution is -2.33. The van der Waals surface area contributed by atoms with Crippen molar-refractivity contribution in [3.05, 3.63) is 12.4 Å². The maximum Gasteiger partial charge on any atom is 0.319 e. The Labute approximate surface area is 120 Å². The highest BCUT2D eigenvalue weighted by molar-refractivity contribution is 5.88. The Morgan fingerprint density at radius 1 is 1.50 bits per heavy atom. The van der Waals surface area contributed by atoms with E-state index in [-0.39, 0.29) is 18.2 Å². The molecule has 0 bridgehead atoms. The molecule has 1 heterocycles. The molecule has 3 N–H and O–H groups in total. The number of urea groups is 1. The van der Waals surface area contributed by atoms with E-state index in [4.69, 9.17) is 5.11 Å². The fourth-order valence-electron chi connectivity index (χ4n) is 1.80. The summed E-state index contributed by atoms with van der Waals surface area (Å²) in [6, 6.07) is -0.241. The third-order valence-electron chi connectivity index (χ3n) is 3.19. The van der Waals surface area contributed by atoms with Gasteiger partial charge in [-0.25, -0.2) is 4.79 Å². The molecule has 1 atom stereocenters. The van der Waals surface area contributed by atoms with Gasteiger partial charge in [0.2, 0.25) is 0 Å². The summed E-state index contributed by atoms with van der Waals surface area (Å²) in [6.07, 6.45) is 5.09. The first-order valence-corrected chi connectivity index (χ1v) is 7.07. The number of carbonyl (C=O) groups excluding carboxylic acids is 1. The van der Waals surface area contributed by atoms with E-state index in [0.717, 1.165) is 6.42 Å². The van der Waals surface area contributed by atoms with Crippen LogP contribution in [-0.4, -0.2) is 34.1 Å². The molecule has 0 aliphatic rings. The largest absolute Gasteiger partial charge is 0.396 e. The number of hydrogen-bond acceptors (Lipinski definition) is 3. The molecule has 2 amide bonds. The first-order chi connectivity index (χ1) is 9.36. The summed E-state index contributed by atoms with van der Waals surface area (Å²) >= 11 is 0. The Balaban J connectivity index is 2.44. The van der Waals surface area contributed by atoms with E-state index < -0.39 is 0 Å². The van der Waals surface area contributed by atoms with Crippen LogP contribution in [0.4, 0.5) is 10.5 Å². The maximum atomic E-state index is 11.8. The van der Waals surface area contributed by atoms with Gasteiger partial charge in [0.1, 0.15) is 0 Å². The van der Waals surface area contributed by atoms with Crippen molar-refractivity contribution >= 4 is 11.7 Å². The number of anilines is 1. The SMILES string of the molecule is CCC(CCO)CNC(=O)Nc1cnn(C(C)(C)C)c1. The zero-order valence-corrected chi connectivity index (χ0v) is 12.8. The predicted octanol–water partition coefficient (Wildman–Crippen LogP) is 2.17. The molecule has 0 radical (unpaired) electrons. The van der Waals surface area contributed by atoms with E-state index in [1.54, 1.807) is 6.20 Å².